The van der Waals surface area contributed by atoms with Crippen LogP contribution in [0.4, 0.5) is 10.3 Å². The van der Waals surface area contributed by atoms with Crippen LogP contribution in [0, 0.1) is 5.82 Å². The second kappa shape index (κ2) is 6.33. The van der Waals surface area contributed by atoms with Gasteiger partial charge >= 0.3 is 0 Å². The van der Waals surface area contributed by atoms with Crippen molar-refractivity contribution in [3.8, 4) is 0 Å². The summed E-state index contributed by atoms with van der Waals surface area (Å²) in [6, 6.07) is 4.27. The minimum Gasteiger partial charge on any atom is -0.383 e. The molecule has 1 amide bonds. The van der Waals surface area contributed by atoms with Crippen molar-refractivity contribution in [2.24, 2.45) is 0 Å². The quantitative estimate of drug-likeness (QED) is 0.771. The molecule has 2 aromatic rings. The molecule has 0 aliphatic heterocycles. The molecule has 0 bridgehead atoms. The first-order valence-electron chi connectivity index (χ1n) is 6.28. The Labute approximate surface area is 115 Å². The molecular weight excluding hydrogens is 263 g/mol. The van der Waals surface area contributed by atoms with Crippen LogP contribution in [-0.4, -0.2) is 35.7 Å². The van der Waals surface area contributed by atoms with Gasteiger partial charge in [-0.05, 0) is 12.1 Å². The lowest BCUT2D eigenvalue weighted by Crippen LogP contribution is -2.27. The standard InChI is InChI=1S/C13H17FN4O2/c1-20-7-5-16-12(19)4-6-18-11-3-2-9(14)8-10(11)17-13(18)15/h2-3,8H,4-7H2,1H3,(H2,15,17)(H,16,19). The van der Waals surface area contributed by atoms with Crippen molar-refractivity contribution in [2.75, 3.05) is 26.0 Å². The number of aromatic nitrogens is 2. The summed E-state index contributed by atoms with van der Waals surface area (Å²) < 4.78 is 19.6. The largest absolute Gasteiger partial charge is 0.383 e. The highest BCUT2D eigenvalue weighted by molar-refractivity contribution is 5.79. The Morgan fingerprint density at radius 3 is 3.10 bits per heavy atom. The maximum atomic E-state index is 13.1. The molecule has 0 aliphatic rings. The number of hydrogen-bond acceptors (Lipinski definition) is 4. The summed E-state index contributed by atoms with van der Waals surface area (Å²) in [6.07, 6.45) is 0.275. The zero-order valence-electron chi connectivity index (χ0n) is 11.2. The van der Waals surface area contributed by atoms with Gasteiger partial charge in [-0.25, -0.2) is 9.37 Å². The Bertz CT molecular complexity index is 612. The molecule has 6 nitrogen and oxygen atoms in total. The van der Waals surface area contributed by atoms with E-state index in [4.69, 9.17) is 10.5 Å². The lowest BCUT2D eigenvalue weighted by atomic mass is 10.3. The summed E-state index contributed by atoms with van der Waals surface area (Å²) >= 11 is 0. The number of carbonyl (C=O) groups excluding carboxylic acids is 1. The summed E-state index contributed by atoms with van der Waals surface area (Å²) in [5.41, 5.74) is 6.99. The number of nitrogens with two attached hydrogens (primary N) is 1. The van der Waals surface area contributed by atoms with E-state index < -0.39 is 0 Å². The number of imidazole rings is 1. The smallest absolute Gasteiger partial charge is 0.221 e. The first kappa shape index (κ1) is 14.3. The lowest BCUT2D eigenvalue weighted by molar-refractivity contribution is -0.121. The molecule has 2 rings (SSSR count). The number of nitrogens with zero attached hydrogens (tertiary/aromatic N) is 2. The van der Waals surface area contributed by atoms with Crippen LogP contribution < -0.4 is 11.1 Å². The van der Waals surface area contributed by atoms with Crippen molar-refractivity contribution in [3.05, 3.63) is 24.0 Å². The maximum absolute atomic E-state index is 13.1. The van der Waals surface area contributed by atoms with Crippen LogP contribution in [0.1, 0.15) is 6.42 Å². The minimum atomic E-state index is -0.362. The van der Waals surface area contributed by atoms with Gasteiger partial charge in [0.15, 0.2) is 0 Å². The van der Waals surface area contributed by atoms with Crippen LogP contribution in [0.3, 0.4) is 0 Å². The third kappa shape index (κ3) is 3.24. The second-order valence-corrected chi connectivity index (χ2v) is 4.35. The van der Waals surface area contributed by atoms with Gasteiger partial charge in [0.2, 0.25) is 11.9 Å². The SMILES string of the molecule is COCCNC(=O)CCn1c(N)nc2cc(F)ccc21. The lowest BCUT2D eigenvalue weighted by Gasteiger charge is -2.07. The Balaban J connectivity index is 2.02. The van der Waals surface area contributed by atoms with Gasteiger partial charge in [-0.2, -0.15) is 0 Å². The fraction of sp³-hybridized carbons (Fsp3) is 0.385. The van der Waals surface area contributed by atoms with E-state index in [1.165, 1.54) is 12.1 Å². The summed E-state index contributed by atoms with van der Waals surface area (Å²) in [6.45, 7) is 1.34. The highest BCUT2D eigenvalue weighted by Crippen LogP contribution is 2.19. The number of ether oxygens (including phenoxy) is 1. The van der Waals surface area contributed by atoms with Gasteiger partial charge in [0, 0.05) is 32.7 Å². The fourth-order valence-corrected chi connectivity index (χ4v) is 1.95. The number of fused-ring (bicyclic) bond motifs is 1. The van der Waals surface area contributed by atoms with Gasteiger partial charge in [-0.3, -0.25) is 4.79 Å². The van der Waals surface area contributed by atoms with Crippen molar-refractivity contribution in [3.63, 3.8) is 0 Å². The number of halogens is 1. The van der Waals surface area contributed by atoms with Crippen molar-refractivity contribution in [1.82, 2.24) is 14.9 Å². The summed E-state index contributed by atoms with van der Waals surface area (Å²) in [5, 5.41) is 2.72. The van der Waals surface area contributed by atoms with E-state index in [0.29, 0.717) is 30.7 Å². The Morgan fingerprint density at radius 2 is 2.35 bits per heavy atom. The number of hydrogen-bond donors (Lipinski definition) is 2. The van der Waals surface area contributed by atoms with E-state index in [1.807, 2.05) is 0 Å². The van der Waals surface area contributed by atoms with Crippen LogP contribution in [-0.2, 0) is 16.1 Å². The molecule has 0 unspecified atom stereocenters. The zero-order valence-corrected chi connectivity index (χ0v) is 11.2. The number of amides is 1. The van der Waals surface area contributed by atoms with Gasteiger partial charge in [-0.1, -0.05) is 0 Å². The number of aryl methyl sites for hydroxylation is 1. The molecule has 0 saturated heterocycles. The number of carbonyl (C=O) groups is 1. The van der Waals surface area contributed by atoms with Crippen molar-refractivity contribution >= 4 is 22.9 Å². The molecule has 3 N–H and O–H groups in total. The summed E-state index contributed by atoms with van der Waals surface area (Å²) in [7, 11) is 1.57. The number of anilines is 1. The molecular formula is C13H17FN4O2. The van der Waals surface area contributed by atoms with Crippen LogP contribution in [0.5, 0.6) is 0 Å². The number of methoxy groups -OCH3 is 1. The molecule has 1 heterocycles. The number of nitrogens with one attached hydrogen (secondary N) is 1. The molecule has 0 spiro atoms. The van der Waals surface area contributed by atoms with Gasteiger partial charge in [0.1, 0.15) is 5.82 Å². The molecule has 108 valence electrons. The summed E-state index contributed by atoms with van der Waals surface area (Å²) in [4.78, 5) is 15.7. The zero-order chi connectivity index (χ0) is 14.5. The second-order valence-electron chi connectivity index (χ2n) is 4.35. The predicted octanol–water partition coefficient (Wildman–Crippen LogP) is 0.910. The highest BCUT2D eigenvalue weighted by atomic mass is 19.1. The van der Waals surface area contributed by atoms with Crippen molar-refractivity contribution in [2.45, 2.75) is 13.0 Å². The monoisotopic (exact) mass is 280 g/mol. The van der Waals surface area contributed by atoms with E-state index in [9.17, 15) is 9.18 Å². The molecule has 0 aliphatic carbocycles. The molecule has 0 saturated carbocycles. The van der Waals surface area contributed by atoms with Gasteiger partial charge in [0.25, 0.3) is 0 Å². The summed E-state index contributed by atoms with van der Waals surface area (Å²) in [5.74, 6) is -0.180. The van der Waals surface area contributed by atoms with E-state index in [0.717, 1.165) is 0 Å². The molecule has 1 aromatic carbocycles. The molecule has 1 aromatic heterocycles. The first-order valence-corrected chi connectivity index (χ1v) is 6.28. The van der Waals surface area contributed by atoms with Crippen LogP contribution in [0.2, 0.25) is 0 Å². The minimum absolute atomic E-state index is 0.0922. The molecule has 20 heavy (non-hydrogen) atoms. The van der Waals surface area contributed by atoms with Crippen LogP contribution in [0.15, 0.2) is 18.2 Å². The molecule has 7 heteroatoms. The van der Waals surface area contributed by atoms with E-state index >= 15 is 0 Å². The molecule has 0 atom stereocenters. The number of rotatable bonds is 6. The van der Waals surface area contributed by atoms with Gasteiger partial charge in [-0.15, -0.1) is 0 Å². The van der Waals surface area contributed by atoms with Crippen LogP contribution in [0.25, 0.3) is 11.0 Å². The van der Waals surface area contributed by atoms with E-state index in [1.54, 1.807) is 17.7 Å². The third-order valence-electron chi connectivity index (χ3n) is 2.93. The average Bonchev–Trinajstić information content (AvgIpc) is 2.71. The molecule has 0 radical (unpaired) electrons. The Kier molecular flexibility index (Phi) is 4.52. The topological polar surface area (TPSA) is 82.2 Å². The Hall–Kier alpha value is -2.15. The first-order chi connectivity index (χ1) is 9.61. The van der Waals surface area contributed by atoms with Crippen molar-refractivity contribution < 1.29 is 13.9 Å². The van der Waals surface area contributed by atoms with Crippen molar-refractivity contribution in [1.29, 1.82) is 0 Å². The maximum Gasteiger partial charge on any atom is 0.221 e. The van der Waals surface area contributed by atoms with Gasteiger partial charge < -0.3 is 20.4 Å². The average molecular weight is 280 g/mol. The number of benzene rings is 1. The molecule has 0 fully saturated rings. The predicted molar refractivity (Wildman–Crippen MR) is 73.6 cm³/mol. The van der Waals surface area contributed by atoms with E-state index in [-0.39, 0.29) is 24.1 Å². The van der Waals surface area contributed by atoms with E-state index in [2.05, 4.69) is 10.3 Å². The third-order valence-corrected chi connectivity index (χ3v) is 2.93. The van der Waals surface area contributed by atoms with Crippen LogP contribution >= 0.6 is 0 Å². The normalized spacial score (nSPS) is 10.9. The van der Waals surface area contributed by atoms with Gasteiger partial charge in [0.05, 0.1) is 17.6 Å². The Morgan fingerprint density at radius 1 is 1.55 bits per heavy atom. The highest BCUT2D eigenvalue weighted by Gasteiger charge is 2.10. The fourth-order valence-electron chi connectivity index (χ4n) is 1.95. The number of nitrogen functional groups attached to an aromatic ring is 1.